The molecule has 0 saturated carbocycles. The highest BCUT2D eigenvalue weighted by Crippen LogP contribution is 2.16. The van der Waals surface area contributed by atoms with Crippen LogP contribution in [0.15, 0.2) is 18.2 Å². The summed E-state index contributed by atoms with van der Waals surface area (Å²) < 4.78 is 4.64. The van der Waals surface area contributed by atoms with E-state index in [-0.39, 0.29) is 12.4 Å². The first-order chi connectivity index (χ1) is 7.69. The molecule has 1 rings (SSSR count). The highest BCUT2D eigenvalue weighted by atomic mass is 16.5. The molecular weight excluding hydrogens is 204 g/mol. The van der Waals surface area contributed by atoms with E-state index in [1.54, 1.807) is 0 Å². The number of methoxy groups -OCH3 is 1. The van der Waals surface area contributed by atoms with Crippen LogP contribution < -0.4 is 0 Å². The number of aryl methyl sites for hydroxylation is 1. The fourth-order valence-electron chi connectivity index (χ4n) is 1.64. The van der Waals surface area contributed by atoms with Gasteiger partial charge in [0.25, 0.3) is 0 Å². The summed E-state index contributed by atoms with van der Waals surface area (Å²) in [5.74, 6) is -0.240. The van der Waals surface area contributed by atoms with E-state index in [1.807, 2.05) is 25.1 Å². The Labute approximate surface area is 95.4 Å². The van der Waals surface area contributed by atoms with Crippen molar-refractivity contribution in [3.05, 3.63) is 34.9 Å². The number of aldehydes is 1. The van der Waals surface area contributed by atoms with Crippen molar-refractivity contribution in [1.29, 1.82) is 0 Å². The Kier molecular flexibility index (Phi) is 4.70. The van der Waals surface area contributed by atoms with Gasteiger partial charge >= 0.3 is 5.97 Å². The molecule has 0 aliphatic rings. The van der Waals surface area contributed by atoms with Gasteiger partial charge in [0.1, 0.15) is 6.29 Å². The van der Waals surface area contributed by atoms with Crippen LogP contribution in [0.1, 0.15) is 23.1 Å². The molecule has 0 atom stereocenters. The van der Waals surface area contributed by atoms with Crippen LogP contribution in [0.4, 0.5) is 0 Å². The topological polar surface area (TPSA) is 43.4 Å². The molecule has 1 aromatic carbocycles. The predicted octanol–water partition coefficient (Wildman–Crippen LogP) is 1.84. The van der Waals surface area contributed by atoms with Crippen LogP contribution in [0.25, 0.3) is 0 Å². The summed E-state index contributed by atoms with van der Waals surface area (Å²) >= 11 is 0. The van der Waals surface area contributed by atoms with Gasteiger partial charge in [-0.25, -0.2) is 0 Å². The Hall–Kier alpha value is -1.64. The quantitative estimate of drug-likeness (QED) is 0.561. The molecule has 0 spiro atoms. The lowest BCUT2D eigenvalue weighted by atomic mass is 9.97. The Bertz CT molecular complexity index is 383. The van der Waals surface area contributed by atoms with Gasteiger partial charge in [-0.15, -0.1) is 0 Å². The average molecular weight is 220 g/mol. The number of hydrogen-bond donors (Lipinski definition) is 0. The van der Waals surface area contributed by atoms with Gasteiger partial charge in [0.05, 0.1) is 13.5 Å². The summed E-state index contributed by atoms with van der Waals surface area (Å²) in [6, 6.07) is 5.81. The van der Waals surface area contributed by atoms with Crippen molar-refractivity contribution in [2.24, 2.45) is 0 Å². The summed E-state index contributed by atoms with van der Waals surface area (Å²) in [5, 5.41) is 0. The minimum atomic E-state index is -0.240. The summed E-state index contributed by atoms with van der Waals surface area (Å²) in [5.41, 5.74) is 3.17. The maximum atomic E-state index is 11.2. The normalized spacial score (nSPS) is 9.88. The van der Waals surface area contributed by atoms with Crippen molar-refractivity contribution in [1.82, 2.24) is 0 Å². The third kappa shape index (κ3) is 3.19. The number of esters is 1. The number of benzene rings is 1. The molecule has 0 aliphatic carbocycles. The highest BCUT2D eigenvalue weighted by Gasteiger charge is 2.08. The third-order valence-electron chi connectivity index (χ3n) is 2.65. The largest absolute Gasteiger partial charge is 0.469 e. The zero-order valence-electron chi connectivity index (χ0n) is 9.66. The summed E-state index contributed by atoms with van der Waals surface area (Å²) in [6.45, 7) is 1.97. The maximum Gasteiger partial charge on any atom is 0.309 e. The van der Waals surface area contributed by atoms with Crippen molar-refractivity contribution in [3.63, 3.8) is 0 Å². The fourth-order valence-corrected chi connectivity index (χ4v) is 1.64. The van der Waals surface area contributed by atoms with Gasteiger partial charge in [-0.2, -0.15) is 0 Å². The number of ether oxygens (including phenoxy) is 1. The van der Waals surface area contributed by atoms with Crippen LogP contribution in [-0.2, 0) is 27.2 Å². The van der Waals surface area contributed by atoms with E-state index < -0.39 is 0 Å². The Balaban J connectivity index is 2.85. The van der Waals surface area contributed by atoms with Crippen LogP contribution in [0.5, 0.6) is 0 Å². The second-order valence-corrected chi connectivity index (χ2v) is 3.66. The van der Waals surface area contributed by atoms with Gasteiger partial charge in [0.15, 0.2) is 0 Å². The molecule has 0 N–H and O–H groups in total. The van der Waals surface area contributed by atoms with E-state index in [0.29, 0.717) is 6.42 Å². The van der Waals surface area contributed by atoms with E-state index in [4.69, 9.17) is 0 Å². The zero-order chi connectivity index (χ0) is 12.0. The lowest BCUT2D eigenvalue weighted by Gasteiger charge is -2.09. The SMILES string of the molecule is COC(=O)Cc1cccc(CCC=O)c1C. The third-order valence-corrected chi connectivity index (χ3v) is 2.65. The molecule has 0 heterocycles. The summed E-state index contributed by atoms with van der Waals surface area (Å²) in [4.78, 5) is 21.5. The minimum absolute atomic E-state index is 0.240. The molecule has 0 unspecified atom stereocenters. The molecule has 0 saturated heterocycles. The number of hydrogen-bond acceptors (Lipinski definition) is 3. The molecule has 1 aromatic rings. The smallest absolute Gasteiger partial charge is 0.309 e. The van der Waals surface area contributed by atoms with Gasteiger partial charge in [-0.3, -0.25) is 4.79 Å². The molecule has 0 amide bonds. The van der Waals surface area contributed by atoms with Gasteiger partial charge < -0.3 is 9.53 Å². The molecule has 3 heteroatoms. The van der Waals surface area contributed by atoms with Crippen molar-refractivity contribution in [3.8, 4) is 0 Å². The van der Waals surface area contributed by atoms with Gasteiger partial charge in [-0.05, 0) is 30.0 Å². The number of carbonyl (C=O) groups excluding carboxylic acids is 2. The van der Waals surface area contributed by atoms with Gasteiger partial charge in [0, 0.05) is 6.42 Å². The zero-order valence-corrected chi connectivity index (χ0v) is 9.66. The number of rotatable bonds is 5. The lowest BCUT2D eigenvalue weighted by molar-refractivity contribution is -0.139. The monoisotopic (exact) mass is 220 g/mol. The predicted molar refractivity (Wildman–Crippen MR) is 61.3 cm³/mol. The van der Waals surface area contributed by atoms with E-state index in [9.17, 15) is 9.59 Å². The van der Waals surface area contributed by atoms with Crippen molar-refractivity contribution >= 4 is 12.3 Å². The first kappa shape index (κ1) is 12.4. The van der Waals surface area contributed by atoms with Crippen molar-refractivity contribution < 1.29 is 14.3 Å². The standard InChI is InChI=1S/C13H16O3/c1-10-11(7-4-8-14)5-3-6-12(10)9-13(15)16-2/h3,5-6,8H,4,7,9H2,1-2H3. The van der Waals surface area contributed by atoms with E-state index in [2.05, 4.69) is 4.74 Å². The lowest BCUT2D eigenvalue weighted by Crippen LogP contribution is -2.07. The van der Waals surface area contributed by atoms with Crippen molar-refractivity contribution in [2.75, 3.05) is 7.11 Å². The second kappa shape index (κ2) is 6.05. The fraction of sp³-hybridized carbons (Fsp3) is 0.385. The minimum Gasteiger partial charge on any atom is -0.469 e. The average Bonchev–Trinajstić information content (AvgIpc) is 2.30. The molecule has 0 aliphatic heterocycles. The van der Waals surface area contributed by atoms with Crippen LogP contribution >= 0.6 is 0 Å². The van der Waals surface area contributed by atoms with Gasteiger partial charge in [0.2, 0.25) is 0 Å². The van der Waals surface area contributed by atoms with E-state index >= 15 is 0 Å². The molecule has 3 nitrogen and oxygen atoms in total. The molecule has 0 radical (unpaired) electrons. The number of carbonyl (C=O) groups is 2. The van der Waals surface area contributed by atoms with Crippen LogP contribution in [0.3, 0.4) is 0 Å². The Morgan fingerprint density at radius 3 is 2.69 bits per heavy atom. The second-order valence-electron chi connectivity index (χ2n) is 3.66. The molecule has 0 aromatic heterocycles. The van der Waals surface area contributed by atoms with Gasteiger partial charge in [-0.1, -0.05) is 18.2 Å². The Morgan fingerprint density at radius 2 is 2.06 bits per heavy atom. The van der Waals surface area contributed by atoms with Crippen LogP contribution in [0, 0.1) is 6.92 Å². The molecular formula is C13H16O3. The molecule has 16 heavy (non-hydrogen) atoms. The molecule has 86 valence electrons. The van der Waals surface area contributed by atoms with Crippen LogP contribution in [-0.4, -0.2) is 19.4 Å². The first-order valence-corrected chi connectivity index (χ1v) is 5.27. The highest BCUT2D eigenvalue weighted by molar-refractivity contribution is 5.73. The van der Waals surface area contributed by atoms with E-state index in [0.717, 1.165) is 29.4 Å². The summed E-state index contributed by atoms with van der Waals surface area (Å²) in [7, 11) is 1.38. The molecule has 0 fully saturated rings. The van der Waals surface area contributed by atoms with E-state index in [1.165, 1.54) is 7.11 Å². The molecule has 0 bridgehead atoms. The summed E-state index contributed by atoms with van der Waals surface area (Å²) in [6.07, 6.45) is 2.44. The van der Waals surface area contributed by atoms with Crippen LogP contribution in [0.2, 0.25) is 0 Å². The first-order valence-electron chi connectivity index (χ1n) is 5.27. The Morgan fingerprint density at radius 1 is 1.38 bits per heavy atom. The van der Waals surface area contributed by atoms with Crippen molar-refractivity contribution in [2.45, 2.75) is 26.2 Å². The maximum absolute atomic E-state index is 11.2.